The van der Waals surface area contributed by atoms with E-state index in [9.17, 15) is 0 Å². The van der Waals surface area contributed by atoms with Gasteiger partial charge in [0, 0.05) is 30.8 Å². The van der Waals surface area contributed by atoms with Crippen molar-refractivity contribution in [1.82, 2.24) is 4.90 Å². The zero-order valence-corrected chi connectivity index (χ0v) is 17.4. The average Bonchev–Trinajstić information content (AvgIpc) is 2.93. The molecule has 0 spiro atoms. The molecule has 0 bridgehead atoms. The fourth-order valence-corrected chi connectivity index (χ4v) is 3.54. The van der Waals surface area contributed by atoms with E-state index in [1.807, 2.05) is 24.3 Å². The largest absolute Gasteiger partial charge is 0.493 e. The monoisotopic (exact) mass is 383 g/mol. The number of allylic oxidation sites excluding steroid dienone is 1. The van der Waals surface area contributed by atoms with Gasteiger partial charge in [0.1, 0.15) is 6.61 Å². The van der Waals surface area contributed by atoms with Gasteiger partial charge in [0.05, 0.1) is 21.3 Å². The van der Waals surface area contributed by atoms with Crippen LogP contribution in [0.1, 0.15) is 19.4 Å². The van der Waals surface area contributed by atoms with Gasteiger partial charge < -0.3 is 18.9 Å². The molecule has 0 aliphatic carbocycles. The van der Waals surface area contributed by atoms with Gasteiger partial charge in [-0.1, -0.05) is 23.8 Å². The van der Waals surface area contributed by atoms with Gasteiger partial charge in [-0.3, -0.25) is 4.90 Å². The van der Waals surface area contributed by atoms with Gasteiger partial charge in [0.2, 0.25) is 0 Å². The van der Waals surface area contributed by atoms with Gasteiger partial charge in [-0.05, 0) is 37.6 Å². The maximum Gasteiger partial charge on any atom is 0.168 e. The van der Waals surface area contributed by atoms with E-state index >= 15 is 0 Å². The van der Waals surface area contributed by atoms with Crippen LogP contribution in [-0.2, 0) is 6.54 Å². The maximum absolute atomic E-state index is 6.07. The van der Waals surface area contributed by atoms with Crippen LogP contribution in [0.15, 0.2) is 42.0 Å². The summed E-state index contributed by atoms with van der Waals surface area (Å²) in [6, 6.07) is 10.1. The Hall–Kier alpha value is -2.66. The lowest BCUT2D eigenvalue weighted by atomic mass is 10.00. The van der Waals surface area contributed by atoms with Crippen molar-refractivity contribution >= 4 is 0 Å². The van der Waals surface area contributed by atoms with Crippen molar-refractivity contribution in [3.8, 4) is 34.1 Å². The highest BCUT2D eigenvalue weighted by molar-refractivity contribution is 5.77. The molecule has 3 rings (SSSR count). The summed E-state index contributed by atoms with van der Waals surface area (Å²) in [7, 11) is 4.99. The van der Waals surface area contributed by atoms with E-state index in [1.165, 1.54) is 5.57 Å². The first kappa shape index (κ1) is 20.1. The van der Waals surface area contributed by atoms with Crippen LogP contribution in [0.2, 0.25) is 0 Å². The molecule has 5 nitrogen and oxygen atoms in total. The number of benzene rings is 2. The molecule has 0 aromatic heterocycles. The second-order valence-corrected chi connectivity index (χ2v) is 6.90. The van der Waals surface area contributed by atoms with Crippen LogP contribution >= 0.6 is 0 Å². The van der Waals surface area contributed by atoms with E-state index in [-0.39, 0.29) is 0 Å². The summed E-state index contributed by atoms with van der Waals surface area (Å²) >= 11 is 0. The second kappa shape index (κ2) is 9.02. The van der Waals surface area contributed by atoms with E-state index in [2.05, 4.69) is 30.9 Å². The molecule has 2 aromatic carbocycles. The summed E-state index contributed by atoms with van der Waals surface area (Å²) in [5.41, 5.74) is 4.43. The van der Waals surface area contributed by atoms with Crippen molar-refractivity contribution in [2.75, 3.05) is 41.0 Å². The molecule has 1 heterocycles. The van der Waals surface area contributed by atoms with E-state index in [0.717, 1.165) is 47.8 Å². The van der Waals surface area contributed by atoms with Crippen molar-refractivity contribution in [3.63, 3.8) is 0 Å². The molecule has 0 amide bonds. The third-order valence-corrected chi connectivity index (χ3v) is 5.08. The second-order valence-electron chi connectivity index (χ2n) is 6.90. The number of fused-ring (bicyclic) bond motifs is 1. The number of hydrogen-bond donors (Lipinski definition) is 0. The summed E-state index contributed by atoms with van der Waals surface area (Å²) in [6.07, 6.45) is 2.16. The predicted molar refractivity (Wildman–Crippen MR) is 112 cm³/mol. The minimum atomic E-state index is 0.641. The van der Waals surface area contributed by atoms with Crippen molar-refractivity contribution in [2.24, 2.45) is 0 Å². The van der Waals surface area contributed by atoms with Crippen molar-refractivity contribution < 1.29 is 18.9 Å². The highest BCUT2D eigenvalue weighted by atomic mass is 16.5. The van der Waals surface area contributed by atoms with E-state index < -0.39 is 0 Å². The van der Waals surface area contributed by atoms with Crippen LogP contribution in [-0.4, -0.2) is 45.9 Å². The molecule has 0 saturated heterocycles. The molecular formula is C23H29NO4. The first-order valence-corrected chi connectivity index (χ1v) is 9.50. The molecule has 0 radical (unpaired) electrons. The van der Waals surface area contributed by atoms with E-state index in [1.54, 1.807) is 21.3 Å². The van der Waals surface area contributed by atoms with Crippen LogP contribution in [0.25, 0.3) is 11.1 Å². The molecule has 0 fully saturated rings. The van der Waals surface area contributed by atoms with Gasteiger partial charge in [0.15, 0.2) is 23.0 Å². The lowest BCUT2D eigenvalue weighted by Crippen LogP contribution is -2.27. The first-order valence-electron chi connectivity index (χ1n) is 9.50. The molecule has 1 aliphatic rings. The molecule has 5 heteroatoms. The Morgan fingerprint density at radius 2 is 1.89 bits per heavy atom. The molecule has 1 aliphatic heterocycles. The van der Waals surface area contributed by atoms with Gasteiger partial charge in [-0.2, -0.15) is 0 Å². The van der Waals surface area contributed by atoms with Crippen molar-refractivity contribution in [3.05, 3.63) is 47.5 Å². The summed E-state index contributed by atoms with van der Waals surface area (Å²) in [6.45, 7) is 7.48. The van der Waals surface area contributed by atoms with Gasteiger partial charge >= 0.3 is 0 Å². The lowest BCUT2D eigenvalue weighted by molar-refractivity contribution is 0.235. The van der Waals surface area contributed by atoms with Gasteiger partial charge in [0.25, 0.3) is 0 Å². The fourth-order valence-electron chi connectivity index (χ4n) is 3.54. The standard InChI is InChI=1S/C23H29NO4/c1-6-16(2)14-24-10-11-28-22-18(15-24)12-17(13-21(22)26-4)19-8-7-9-20(25-3)23(19)27-5/h6-9,12-13H,10-11,14-15H2,1-5H3. The van der Waals surface area contributed by atoms with Crippen LogP contribution < -0.4 is 18.9 Å². The van der Waals surface area contributed by atoms with Gasteiger partial charge in [-0.25, -0.2) is 0 Å². The molecule has 150 valence electrons. The summed E-state index contributed by atoms with van der Waals surface area (Å²) in [5, 5.41) is 0. The Balaban J connectivity index is 2.07. The molecule has 0 saturated carbocycles. The van der Waals surface area contributed by atoms with Crippen LogP contribution in [0.5, 0.6) is 23.0 Å². The molecule has 0 N–H and O–H groups in total. The average molecular weight is 383 g/mol. The predicted octanol–water partition coefficient (Wildman–Crippen LogP) is 4.54. The Morgan fingerprint density at radius 3 is 2.57 bits per heavy atom. The Kier molecular flexibility index (Phi) is 6.47. The molecule has 28 heavy (non-hydrogen) atoms. The van der Waals surface area contributed by atoms with Crippen LogP contribution in [0.4, 0.5) is 0 Å². The minimum absolute atomic E-state index is 0.641. The highest BCUT2D eigenvalue weighted by Crippen LogP contribution is 2.43. The van der Waals surface area contributed by atoms with Crippen LogP contribution in [0.3, 0.4) is 0 Å². The van der Waals surface area contributed by atoms with Crippen molar-refractivity contribution in [1.29, 1.82) is 0 Å². The number of methoxy groups -OCH3 is 3. The summed E-state index contributed by atoms with van der Waals surface area (Å²) in [5.74, 6) is 2.98. The Morgan fingerprint density at radius 1 is 1.11 bits per heavy atom. The Bertz CT molecular complexity index is 860. The third kappa shape index (κ3) is 4.09. The van der Waals surface area contributed by atoms with E-state index in [0.29, 0.717) is 18.1 Å². The normalized spacial score (nSPS) is 14.7. The summed E-state index contributed by atoms with van der Waals surface area (Å²) < 4.78 is 22.8. The topological polar surface area (TPSA) is 40.2 Å². The fraction of sp³-hybridized carbons (Fsp3) is 0.391. The van der Waals surface area contributed by atoms with Crippen LogP contribution in [0, 0.1) is 0 Å². The molecule has 2 aromatic rings. The highest BCUT2D eigenvalue weighted by Gasteiger charge is 2.22. The third-order valence-electron chi connectivity index (χ3n) is 5.08. The smallest absolute Gasteiger partial charge is 0.168 e. The minimum Gasteiger partial charge on any atom is -0.493 e. The maximum atomic E-state index is 6.07. The SMILES string of the molecule is CC=C(C)CN1CCOc2c(cc(-c3cccc(OC)c3OC)cc2OC)C1. The number of rotatable bonds is 6. The molecule has 0 atom stereocenters. The zero-order valence-electron chi connectivity index (χ0n) is 17.4. The Labute approximate surface area is 167 Å². The zero-order chi connectivity index (χ0) is 20.1. The van der Waals surface area contributed by atoms with Gasteiger partial charge in [-0.15, -0.1) is 0 Å². The number of para-hydroxylation sites is 1. The van der Waals surface area contributed by atoms with E-state index in [4.69, 9.17) is 18.9 Å². The quantitative estimate of drug-likeness (QED) is 0.685. The number of ether oxygens (including phenoxy) is 4. The molecular weight excluding hydrogens is 354 g/mol. The number of hydrogen-bond acceptors (Lipinski definition) is 5. The first-order chi connectivity index (χ1) is 13.6. The number of nitrogens with zero attached hydrogens (tertiary/aromatic N) is 1. The summed E-state index contributed by atoms with van der Waals surface area (Å²) in [4.78, 5) is 2.40. The van der Waals surface area contributed by atoms with Crippen molar-refractivity contribution in [2.45, 2.75) is 20.4 Å². The molecule has 0 unspecified atom stereocenters. The lowest BCUT2D eigenvalue weighted by Gasteiger charge is -2.20.